The first-order valence-electron chi connectivity index (χ1n) is 12.7. The van der Waals surface area contributed by atoms with Crippen LogP contribution in [-0.4, -0.2) is 11.3 Å². The molecule has 0 aliphatic carbocycles. The van der Waals surface area contributed by atoms with Gasteiger partial charge in [0, 0.05) is 47.6 Å². The summed E-state index contributed by atoms with van der Waals surface area (Å²) >= 11 is 1.92. The molecule has 0 atom stereocenters. The van der Waals surface area contributed by atoms with Gasteiger partial charge in [-0.15, -0.1) is 11.3 Å². The van der Waals surface area contributed by atoms with E-state index in [-0.39, 0.29) is 12.1 Å². The first-order chi connectivity index (χ1) is 17.6. The van der Waals surface area contributed by atoms with Crippen molar-refractivity contribution in [2.45, 2.75) is 19.3 Å². The minimum atomic E-state index is -0.102. The van der Waals surface area contributed by atoms with Gasteiger partial charge in [0.2, 0.25) is 6.71 Å². The van der Waals surface area contributed by atoms with Crippen LogP contribution in [0.15, 0.2) is 97.1 Å². The summed E-state index contributed by atoms with van der Waals surface area (Å²) < 4.78 is 5.31. The molecule has 0 radical (unpaired) electrons. The Labute approximate surface area is 213 Å². The Kier molecular flexibility index (Phi) is 3.39. The van der Waals surface area contributed by atoms with Crippen molar-refractivity contribution in [2.24, 2.45) is 0 Å². The van der Waals surface area contributed by atoms with Gasteiger partial charge in [-0.25, -0.2) is 0 Å². The molecule has 0 spiro atoms. The van der Waals surface area contributed by atoms with Crippen molar-refractivity contribution in [3.8, 4) is 5.69 Å². The number of thiophene rings is 1. The lowest BCUT2D eigenvalue weighted by molar-refractivity contribution is 0.652. The van der Waals surface area contributed by atoms with Gasteiger partial charge < -0.3 is 4.57 Å². The molecule has 168 valence electrons. The standard InChI is InChI=1S/C33H22BNS/c1-33(2)22-12-8-15-26-31(22)34(23-17-18-28-29(30(23)33)21-10-4-6-16-27(21)36-28)24-13-7-11-20-19-9-3-5-14-25(19)35(26)32(20)24/h3-18H,1-2H3. The topological polar surface area (TPSA) is 4.93 Å². The Balaban J connectivity index is 1.53. The highest BCUT2D eigenvalue weighted by Gasteiger charge is 2.45. The van der Waals surface area contributed by atoms with Gasteiger partial charge in [-0.3, -0.25) is 0 Å². The molecule has 2 aromatic heterocycles. The summed E-state index contributed by atoms with van der Waals surface area (Å²) in [6.07, 6.45) is 0. The summed E-state index contributed by atoms with van der Waals surface area (Å²) in [5.74, 6) is 0. The number of rotatable bonds is 0. The minimum absolute atomic E-state index is 0.102. The summed E-state index contributed by atoms with van der Waals surface area (Å²) in [4.78, 5) is 0. The summed E-state index contributed by atoms with van der Waals surface area (Å²) in [5, 5.41) is 5.54. The summed E-state index contributed by atoms with van der Waals surface area (Å²) in [6.45, 7) is 5.11. The van der Waals surface area contributed by atoms with Crippen LogP contribution in [0.2, 0.25) is 0 Å². The molecule has 5 aromatic carbocycles. The molecule has 0 saturated carbocycles. The van der Waals surface area contributed by atoms with Gasteiger partial charge >= 0.3 is 0 Å². The van der Waals surface area contributed by atoms with Gasteiger partial charge in [0.05, 0.1) is 5.52 Å². The zero-order valence-corrected chi connectivity index (χ0v) is 21.0. The van der Waals surface area contributed by atoms with E-state index in [1.165, 1.54) is 75.2 Å². The SMILES string of the molecule is CC1(C)c2cccc3c2B(c2ccc4sc5ccccc5c4c21)c1cccc2c4ccccc4n-3c12. The van der Waals surface area contributed by atoms with Gasteiger partial charge in [-0.05, 0) is 46.3 Å². The fourth-order valence-electron chi connectivity index (χ4n) is 7.48. The van der Waals surface area contributed by atoms with Crippen molar-refractivity contribution >= 4 is 76.4 Å². The smallest absolute Gasteiger partial charge is 0.247 e. The third kappa shape index (κ3) is 2.08. The monoisotopic (exact) mass is 475 g/mol. The van der Waals surface area contributed by atoms with Crippen molar-refractivity contribution in [3.63, 3.8) is 0 Å². The van der Waals surface area contributed by atoms with Crippen LogP contribution in [0, 0.1) is 0 Å². The van der Waals surface area contributed by atoms with Crippen molar-refractivity contribution in [3.05, 3.63) is 108 Å². The van der Waals surface area contributed by atoms with Crippen LogP contribution < -0.4 is 16.4 Å². The lowest BCUT2D eigenvalue weighted by atomic mass is 9.30. The molecule has 9 rings (SSSR count). The summed E-state index contributed by atoms with van der Waals surface area (Å²) in [7, 11) is 0. The van der Waals surface area contributed by atoms with E-state index in [1.54, 1.807) is 0 Å². The van der Waals surface area contributed by atoms with Crippen LogP contribution in [0.1, 0.15) is 25.0 Å². The Bertz CT molecular complexity index is 2090. The molecule has 0 amide bonds. The molecule has 0 saturated heterocycles. The van der Waals surface area contributed by atoms with Crippen LogP contribution in [0.3, 0.4) is 0 Å². The largest absolute Gasteiger partial charge is 0.310 e. The Morgan fingerprint density at radius 1 is 0.667 bits per heavy atom. The first-order valence-corrected chi connectivity index (χ1v) is 13.6. The number of fused-ring (bicyclic) bond motifs is 11. The van der Waals surface area contributed by atoms with Crippen molar-refractivity contribution in [2.75, 3.05) is 0 Å². The Morgan fingerprint density at radius 3 is 2.36 bits per heavy atom. The van der Waals surface area contributed by atoms with E-state index in [0.717, 1.165) is 0 Å². The minimum Gasteiger partial charge on any atom is -0.310 e. The zero-order valence-electron chi connectivity index (χ0n) is 20.2. The first kappa shape index (κ1) is 19.4. The highest BCUT2D eigenvalue weighted by atomic mass is 32.1. The number of aromatic nitrogens is 1. The quantitative estimate of drug-likeness (QED) is 0.217. The number of hydrogen-bond acceptors (Lipinski definition) is 1. The molecule has 3 heteroatoms. The number of nitrogens with zero attached hydrogens (tertiary/aromatic N) is 1. The highest BCUT2D eigenvalue weighted by molar-refractivity contribution is 7.26. The van der Waals surface area contributed by atoms with E-state index in [2.05, 4.69) is 115 Å². The third-order valence-corrected chi connectivity index (χ3v) is 9.97. The number of hydrogen-bond donors (Lipinski definition) is 0. The predicted molar refractivity (Wildman–Crippen MR) is 157 cm³/mol. The van der Waals surface area contributed by atoms with E-state index < -0.39 is 0 Å². The second kappa shape index (κ2) is 6.29. The molecule has 2 aliphatic rings. The van der Waals surface area contributed by atoms with E-state index >= 15 is 0 Å². The van der Waals surface area contributed by atoms with Crippen LogP contribution in [0.25, 0.3) is 47.7 Å². The fraction of sp³-hybridized carbons (Fsp3) is 0.0909. The van der Waals surface area contributed by atoms with E-state index in [0.29, 0.717) is 0 Å². The lowest BCUT2D eigenvalue weighted by Gasteiger charge is -2.42. The predicted octanol–water partition coefficient (Wildman–Crippen LogP) is 6.62. The molecule has 0 fully saturated rings. The molecule has 0 N–H and O–H groups in total. The average molecular weight is 475 g/mol. The maximum Gasteiger partial charge on any atom is 0.247 e. The van der Waals surface area contributed by atoms with Gasteiger partial charge in [-0.1, -0.05) is 92.1 Å². The van der Waals surface area contributed by atoms with Crippen LogP contribution in [-0.2, 0) is 5.41 Å². The van der Waals surface area contributed by atoms with Crippen molar-refractivity contribution in [1.29, 1.82) is 0 Å². The van der Waals surface area contributed by atoms with Gasteiger partial charge in [0.15, 0.2) is 0 Å². The van der Waals surface area contributed by atoms with Crippen molar-refractivity contribution < 1.29 is 0 Å². The summed E-state index contributed by atoms with van der Waals surface area (Å²) in [5.41, 5.74) is 11.3. The molecule has 0 bridgehead atoms. The molecule has 0 unspecified atom stereocenters. The maximum atomic E-state index is 2.54. The second-order valence-electron chi connectivity index (χ2n) is 10.9. The van der Waals surface area contributed by atoms with Crippen molar-refractivity contribution in [1.82, 2.24) is 4.57 Å². The van der Waals surface area contributed by atoms with Crippen LogP contribution in [0.5, 0.6) is 0 Å². The fourth-order valence-corrected chi connectivity index (χ4v) is 8.60. The lowest BCUT2D eigenvalue weighted by Crippen LogP contribution is -2.63. The van der Waals surface area contributed by atoms with Crippen LogP contribution >= 0.6 is 11.3 Å². The summed E-state index contributed by atoms with van der Waals surface area (Å²) in [6, 6.07) is 36.6. The van der Waals surface area contributed by atoms with Crippen LogP contribution in [0.4, 0.5) is 0 Å². The van der Waals surface area contributed by atoms with E-state index in [1.807, 2.05) is 11.3 Å². The molecule has 4 heterocycles. The molecular formula is C33H22BNS. The highest BCUT2D eigenvalue weighted by Crippen LogP contribution is 2.45. The Hall–Kier alpha value is -3.82. The van der Waals surface area contributed by atoms with Gasteiger partial charge in [-0.2, -0.15) is 0 Å². The molecular weight excluding hydrogens is 453 g/mol. The maximum absolute atomic E-state index is 2.54. The second-order valence-corrected chi connectivity index (χ2v) is 12.0. The molecule has 7 aromatic rings. The molecule has 2 aliphatic heterocycles. The van der Waals surface area contributed by atoms with E-state index in [9.17, 15) is 0 Å². The molecule has 1 nitrogen and oxygen atoms in total. The number of benzene rings is 5. The molecule has 36 heavy (non-hydrogen) atoms. The normalized spacial score (nSPS) is 15.1. The average Bonchev–Trinajstić information content (AvgIpc) is 3.45. The third-order valence-electron chi connectivity index (χ3n) is 8.83. The zero-order chi connectivity index (χ0) is 23.8. The van der Waals surface area contributed by atoms with Gasteiger partial charge in [0.25, 0.3) is 0 Å². The Morgan fingerprint density at radius 2 is 1.44 bits per heavy atom. The van der Waals surface area contributed by atoms with Gasteiger partial charge in [0.1, 0.15) is 0 Å². The number of para-hydroxylation sites is 2. The van der Waals surface area contributed by atoms with E-state index in [4.69, 9.17) is 0 Å².